The second-order valence-electron chi connectivity index (χ2n) is 19.0. The lowest BCUT2D eigenvalue weighted by Gasteiger charge is -2.44. The second kappa shape index (κ2) is 20.0. The third-order valence-electron chi connectivity index (χ3n) is 15.2. The predicted molar refractivity (Wildman–Crippen MR) is 238 cm³/mol. The average molecular weight is 895 g/mol. The molecule has 0 N–H and O–H groups in total. The van der Waals surface area contributed by atoms with Crippen LogP contribution in [0, 0.1) is 23.7 Å². The minimum Gasteiger partial charge on any atom is -0.497 e. The van der Waals surface area contributed by atoms with Crippen molar-refractivity contribution >= 4 is 23.1 Å². The van der Waals surface area contributed by atoms with Crippen LogP contribution in [0.25, 0.3) is 10.6 Å². The van der Waals surface area contributed by atoms with Crippen LogP contribution in [-0.2, 0) is 47.5 Å². The summed E-state index contributed by atoms with van der Waals surface area (Å²) in [6, 6.07) is 8.32. The summed E-state index contributed by atoms with van der Waals surface area (Å²) in [6.07, 6.45) is 5.15. The molecule has 3 unspecified atom stereocenters. The topological polar surface area (TPSA) is 133 Å². The third-order valence-corrected chi connectivity index (χ3v) is 16.5. The number of carbonyl (C=O) groups excluding carboxylic acids is 2. The molecule has 0 bridgehead atoms. The number of likely N-dealkylation sites (N-methyl/N-ethyl adjacent to an activating group) is 1. The van der Waals surface area contributed by atoms with E-state index in [1.807, 2.05) is 38.1 Å². The first-order valence-corrected chi connectivity index (χ1v) is 24.2. The Balaban J connectivity index is 1.14. The molecule has 13 nitrogen and oxygen atoms in total. The SMILES string of the molecule is CC[C@H]1CCC[C@H](O[C@H]2CC[C@H](N(C)C)C(C)O2)[C@@H](C)C(=O)C2=C[C@H]3[C@@H]4C[C@H](O[C@@H]5OC(C)[C@H](OC)C(OC)[C@@H]5OC)C[C@H]4c4nc(-c5ccc(OC)cc5)sc4[C@H]3[C@@H]2CC(=O)O1. The van der Waals surface area contributed by atoms with Gasteiger partial charge in [-0.3, -0.25) is 9.59 Å². The van der Waals surface area contributed by atoms with Crippen LogP contribution in [0.5, 0.6) is 5.75 Å². The highest BCUT2D eigenvalue weighted by Crippen LogP contribution is 2.63. The predicted octanol–water partition coefficient (Wildman–Crippen LogP) is 7.70. The summed E-state index contributed by atoms with van der Waals surface area (Å²) in [5, 5.41) is 0.908. The van der Waals surface area contributed by atoms with Crippen LogP contribution in [0.2, 0.25) is 0 Å². The van der Waals surface area contributed by atoms with Gasteiger partial charge in [0.05, 0.1) is 43.6 Å². The highest BCUT2D eigenvalue weighted by atomic mass is 32.1. The summed E-state index contributed by atoms with van der Waals surface area (Å²) in [7, 11) is 10.8. The number of aromatic nitrogens is 1. The van der Waals surface area contributed by atoms with Crippen molar-refractivity contribution in [2.45, 2.75) is 165 Å². The van der Waals surface area contributed by atoms with E-state index in [9.17, 15) is 4.79 Å². The number of thiazole rings is 1. The molecule has 4 fully saturated rings. The first-order valence-electron chi connectivity index (χ1n) is 23.3. The molecule has 3 aliphatic heterocycles. The maximum absolute atomic E-state index is 15.3. The fourth-order valence-electron chi connectivity index (χ4n) is 11.9. The number of nitrogens with zero attached hydrogens (tertiary/aromatic N) is 2. The minimum absolute atomic E-state index is 0.00523. The Hall–Kier alpha value is -2.79. The molecule has 0 amide bonds. The summed E-state index contributed by atoms with van der Waals surface area (Å²) < 4.78 is 56.1. The van der Waals surface area contributed by atoms with Gasteiger partial charge >= 0.3 is 5.97 Å². The number of methoxy groups -OCH3 is 4. The van der Waals surface area contributed by atoms with Crippen LogP contribution in [0.4, 0.5) is 0 Å². The zero-order chi connectivity index (χ0) is 44.7. The molecule has 0 radical (unpaired) electrons. The quantitative estimate of drug-likeness (QED) is 0.204. The highest BCUT2D eigenvalue weighted by molar-refractivity contribution is 7.15. The molecular weight excluding hydrogens is 825 g/mol. The zero-order valence-electron chi connectivity index (χ0n) is 38.9. The molecule has 63 heavy (non-hydrogen) atoms. The number of esters is 1. The second-order valence-corrected chi connectivity index (χ2v) is 20.0. The van der Waals surface area contributed by atoms with Gasteiger partial charge in [-0.25, -0.2) is 4.98 Å². The van der Waals surface area contributed by atoms with E-state index >= 15 is 4.79 Å². The lowest BCUT2D eigenvalue weighted by molar-refractivity contribution is -0.314. The Morgan fingerprint density at radius 2 is 1.59 bits per heavy atom. The monoisotopic (exact) mass is 894 g/mol. The maximum atomic E-state index is 15.3. The van der Waals surface area contributed by atoms with E-state index in [0.717, 1.165) is 71.0 Å². The average Bonchev–Trinajstić information content (AvgIpc) is 4.00. The highest BCUT2D eigenvalue weighted by Gasteiger charge is 2.57. The van der Waals surface area contributed by atoms with Crippen molar-refractivity contribution in [2.24, 2.45) is 23.7 Å². The summed E-state index contributed by atoms with van der Waals surface area (Å²) in [5.74, 6) is -0.218. The van der Waals surface area contributed by atoms with Gasteiger partial charge in [-0.2, -0.15) is 0 Å². The standard InChI is InChI=1S/C49H70N2O11S/c1-11-29-13-12-14-38(62-40-20-19-37(51(5)6)26(3)58-40)25(2)43(53)36-23-33-32-21-31(61-49-46(57-10)45(56-9)44(55-8)27(4)59-49)22-35(32)42-47(41(33)34(36)24-39(52)60-29)63-48(50-42)28-15-17-30(54-7)18-16-28/h15-18,23,25-27,29,31-35,37-38,40-41,44-46,49H,11-14,19-22,24H2,1-10H3/t25-,26?,27?,29+,31+,32+,33+,34-,35-,37+,38+,40+,41-,44+,45?,46+,49+/m1/s1. The van der Waals surface area contributed by atoms with Gasteiger partial charge < -0.3 is 47.5 Å². The normalized spacial score (nSPS) is 39.6. The van der Waals surface area contributed by atoms with Gasteiger partial charge in [0.1, 0.15) is 35.2 Å². The van der Waals surface area contributed by atoms with Crippen LogP contribution in [0.3, 0.4) is 0 Å². The van der Waals surface area contributed by atoms with Gasteiger partial charge in [0, 0.05) is 61.5 Å². The van der Waals surface area contributed by atoms with Crippen LogP contribution >= 0.6 is 11.3 Å². The van der Waals surface area contributed by atoms with E-state index in [2.05, 4.69) is 38.9 Å². The van der Waals surface area contributed by atoms with E-state index < -0.39 is 18.3 Å². The number of fused-ring (bicyclic) bond motifs is 8. The number of ketones is 1. The molecule has 1 aromatic carbocycles. The van der Waals surface area contributed by atoms with Crippen molar-refractivity contribution in [2.75, 3.05) is 42.5 Å². The number of carbonyl (C=O) groups is 2. The first-order chi connectivity index (χ1) is 30.4. The van der Waals surface area contributed by atoms with Gasteiger partial charge in [0.2, 0.25) is 0 Å². The molecule has 3 aliphatic carbocycles. The molecule has 2 aromatic rings. The Morgan fingerprint density at radius 1 is 0.841 bits per heavy atom. The van der Waals surface area contributed by atoms with Gasteiger partial charge in [-0.05, 0) is 121 Å². The van der Waals surface area contributed by atoms with Crippen LogP contribution in [-0.4, -0.2) is 132 Å². The zero-order valence-corrected chi connectivity index (χ0v) is 39.7. The van der Waals surface area contributed by atoms with Crippen molar-refractivity contribution in [3.63, 3.8) is 0 Å². The molecule has 1 aromatic heterocycles. The maximum Gasteiger partial charge on any atom is 0.306 e. The molecule has 6 aliphatic rings. The van der Waals surface area contributed by atoms with Crippen molar-refractivity contribution in [3.8, 4) is 16.3 Å². The number of rotatable bonds is 11. The lowest BCUT2D eigenvalue weighted by atomic mass is 9.67. The summed E-state index contributed by atoms with van der Waals surface area (Å²) in [5.41, 5.74) is 2.76. The molecule has 14 heteroatoms. The van der Waals surface area contributed by atoms with Crippen molar-refractivity contribution in [1.82, 2.24) is 9.88 Å². The number of ether oxygens (including phenoxy) is 9. The fraction of sp³-hybridized carbons (Fsp3) is 0.735. The third kappa shape index (κ3) is 9.32. The van der Waals surface area contributed by atoms with E-state index in [4.69, 9.17) is 47.6 Å². The minimum atomic E-state index is -0.672. The van der Waals surface area contributed by atoms with Crippen molar-refractivity contribution in [1.29, 1.82) is 0 Å². The Labute approximate surface area is 377 Å². The summed E-state index contributed by atoms with van der Waals surface area (Å²) in [6.45, 7) is 8.17. The molecular formula is C49H70N2O11S. The van der Waals surface area contributed by atoms with Gasteiger partial charge in [-0.15, -0.1) is 11.3 Å². The van der Waals surface area contributed by atoms with Crippen LogP contribution in [0.1, 0.15) is 108 Å². The Kier molecular flexibility index (Phi) is 14.8. The first kappa shape index (κ1) is 46.7. The Morgan fingerprint density at radius 3 is 2.25 bits per heavy atom. The van der Waals surface area contributed by atoms with Crippen LogP contribution < -0.4 is 4.74 Å². The Bertz CT molecular complexity index is 1920. The number of cyclic esters (lactones) is 1. The largest absolute Gasteiger partial charge is 0.497 e. The van der Waals surface area contributed by atoms with Gasteiger partial charge in [0.25, 0.3) is 0 Å². The van der Waals surface area contributed by atoms with Gasteiger partial charge in [-0.1, -0.05) is 19.9 Å². The molecule has 8 rings (SSSR count). The number of allylic oxidation sites excluding steroid dienone is 2. The van der Waals surface area contributed by atoms with E-state index in [1.165, 1.54) is 0 Å². The van der Waals surface area contributed by atoms with E-state index in [0.29, 0.717) is 18.9 Å². The van der Waals surface area contributed by atoms with Crippen molar-refractivity contribution < 1.29 is 52.2 Å². The molecule has 4 heterocycles. The van der Waals surface area contributed by atoms with Gasteiger partial charge in [0.15, 0.2) is 18.4 Å². The van der Waals surface area contributed by atoms with Crippen molar-refractivity contribution in [3.05, 3.63) is 46.5 Å². The molecule has 1 saturated carbocycles. The number of Topliss-reactive ketones (excluding diaryl/α,β-unsaturated/α-hetero) is 1. The summed E-state index contributed by atoms with van der Waals surface area (Å²) in [4.78, 5) is 38.1. The molecule has 0 spiro atoms. The fourth-order valence-corrected chi connectivity index (χ4v) is 13.3. The molecule has 348 valence electrons. The van der Waals surface area contributed by atoms with Crippen LogP contribution in [0.15, 0.2) is 35.9 Å². The smallest absolute Gasteiger partial charge is 0.306 e. The number of hydrogen-bond donors (Lipinski definition) is 0. The lowest BCUT2D eigenvalue weighted by Crippen LogP contribution is -2.59. The molecule has 17 atom stereocenters. The number of hydrogen-bond acceptors (Lipinski definition) is 14. The van der Waals surface area contributed by atoms with E-state index in [-0.39, 0.29) is 96.8 Å². The number of benzene rings is 1. The van der Waals surface area contributed by atoms with E-state index in [1.54, 1.807) is 39.8 Å². The summed E-state index contributed by atoms with van der Waals surface area (Å²) >= 11 is 1.68. The molecule has 3 saturated heterocycles.